The molecule has 2 unspecified atom stereocenters. The molecule has 1 aromatic rings. The number of hydrogen-bond donors (Lipinski definition) is 1. The molecule has 2 atom stereocenters. The van der Waals surface area contributed by atoms with Gasteiger partial charge in [0.1, 0.15) is 5.82 Å². The summed E-state index contributed by atoms with van der Waals surface area (Å²) >= 11 is 4.33. The minimum absolute atomic E-state index is 0.000929. The average Bonchev–Trinajstić information content (AvgIpc) is 3.50. The number of Topliss-reactive ketones (excluding diaryl/α,β-unsaturated/α-hetero) is 1. The summed E-state index contributed by atoms with van der Waals surface area (Å²) < 4.78 is 55.1. The molecule has 162 valence electrons. The van der Waals surface area contributed by atoms with Crippen LogP contribution < -0.4 is 0 Å². The van der Waals surface area contributed by atoms with Crippen molar-refractivity contribution in [1.82, 2.24) is 4.90 Å². The van der Waals surface area contributed by atoms with Gasteiger partial charge >= 0.3 is 18.1 Å². The molecule has 0 aromatic heterocycles. The molecule has 0 radical (unpaired) electrons. The molecule has 1 saturated carbocycles. The smallest absolute Gasteiger partial charge is 0.383 e. The molecular formula is C20H19F4NO4S. The van der Waals surface area contributed by atoms with Crippen LogP contribution in [0.2, 0.25) is 0 Å². The van der Waals surface area contributed by atoms with E-state index in [1.165, 1.54) is 18.2 Å². The molecule has 0 amide bonds. The van der Waals surface area contributed by atoms with E-state index in [1.54, 1.807) is 11.0 Å². The van der Waals surface area contributed by atoms with Crippen LogP contribution in [0.25, 0.3) is 0 Å². The average molecular weight is 445 g/mol. The summed E-state index contributed by atoms with van der Waals surface area (Å²) in [6, 6.07) is 5.03. The molecule has 1 aliphatic heterocycles. The lowest BCUT2D eigenvalue weighted by atomic mass is 9.93. The number of benzene rings is 1. The molecule has 1 aliphatic carbocycles. The Morgan fingerprint density at radius 2 is 1.83 bits per heavy atom. The van der Waals surface area contributed by atoms with Crippen LogP contribution in [0.15, 0.2) is 35.9 Å². The molecule has 3 rings (SSSR count). The van der Waals surface area contributed by atoms with Crippen LogP contribution in [0.1, 0.15) is 30.9 Å². The highest BCUT2D eigenvalue weighted by Crippen LogP contribution is 2.39. The maximum Gasteiger partial charge on any atom is 0.491 e. The highest BCUT2D eigenvalue weighted by atomic mass is 32.1. The van der Waals surface area contributed by atoms with Crippen molar-refractivity contribution >= 4 is 30.4 Å². The van der Waals surface area contributed by atoms with E-state index in [1.807, 2.05) is 0 Å². The van der Waals surface area contributed by atoms with Crippen LogP contribution >= 0.6 is 12.6 Å². The van der Waals surface area contributed by atoms with Crippen LogP contribution in [-0.2, 0) is 19.1 Å². The Morgan fingerprint density at radius 1 is 1.17 bits per heavy atom. The van der Waals surface area contributed by atoms with Gasteiger partial charge in [0, 0.05) is 35.9 Å². The molecule has 2 aliphatic rings. The maximum atomic E-state index is 14.5. The predicted molar refractivity (Wildman–Crippen MR) is 101 cm³/mol. The Labute approximate surface area is 175 Å². The van der Waals surface area contributed by atoms with E-state index in [9.17, 15) is 31.9 Å². The van der Waals surface area contributed by atoms with Crippen molar-refractivity contribution in [3.05, 3.63) is 47.3 Å². The quantitative estimate of drug-likeness (QED) is 0.248. The number of piperidine rings is 1. The summed E-state index contributed by atoms with van der Waals surface area (Å²) in [6.07, 6.45) is -2.69. The van der Waals surface area contributed by atoms with Crippen LogP contribution in [0.5, 0.6) is 0 Å². The standard InChI is InChI=1S/C20H19F4NO4S/c21-14-4-2-1-3-13(14)17(18(27)11-5-6-11)25-8-7-15(30)12(10-25)9-16(26)29-19(28)20(22,23)24/h1-4,9,11,15,17,30H,5-8,10H2/b12-9+. The van der Waals surface area contributed by atoms with Gasteiger partial charge in [0.2, 0.25) is 0 Å². The molecule has 0 N–H and O–H groups in total. The molecule has 1 heterocycles. The van der Waals surface area contributed by atoms with Gasteiger partial charge in [0.05, 0.1) is 6.04 Å². The van der Waals surface area contributed by atoms with Crippen LogP contribution in [0.4, 0.5) is 17.6 Å². The van der Waals surface area contributed by atoms with Crippen molar-refractivity contribution in [2.75, 3.05) is 13.1 Å². The number of ether oxygens (including phenoxy) is 1. The molecule has 5 nitrogen and oxygen atoms in total. The van der Waals surface area contributed by atoms with Crippen molar-refractivity contribution in [3.8, 4) is 0 Å². The fourth-order valence-corrected chi connectivity index (χ4v) is 3.67. The van der Waals surface area contributed by atoms with Gasteiger partial charge < -0.3 is 4.74 Å². The van der Waals surface area contributed by atoms with Gasteiger partial charge in [-0.15, -0.1) is 0 Å². The third kappa shape index (κ3) is 5.28. The number of carbonyl (C=O) groups is 3. The first-order valence-corrected chi connectivity index (χ1v) is 9.83. The Morgan fingerprint density at radius 3 is 2.43 bits per heavy atom. The van der Waals surface area contributed by atoms with Crippen molar-refractivity contribution < 1.29 is 36.7 Å². The summed E-state index contributed by atoms with van der Waals surface area (Å²) in [7, 11) is 0. The van der Waals surface area contributed by atoms with E-state index in [0.717, 1.165) is 18.9 Å². The zero-order valence-electron chi connectivity index (χ0n) is 15.7. The van der Waals surface area contributed by atoms with Crippen molar-refractivity contribution in [2.45, 2.75) is 36.7 Å². The zero-order chi connectivity index (χ0) is 22.1. The monoisotopic (exact) mass is 445 g/mol. The first-order valence-electron chi connectivity index (χ1n) is 9.31. The van der Waals surface area contributed by atoms with Crippen molar-refractivity contribution in [1.29, 1.82) is 0 Å². The minimum atomic E-state index is -5.29. The summed E-state index contributed by atoms with van der Waals surface area (Å²) in [4.78, 5) is 37.2. The van der Waals surface area contributed by atoms with E-state index in [4.69, 9.17) is 0 Å². The number of halogens is 4. The topological polar surface area (TPSA) is 63.7 Å². The molecule has 0 spiro atoms. The van der Waals surface area contributed by atoms with E-state index >= 15 is 0 Å². The van der Waals surface area contributed by atoms with Crippen LogP contribution in [-0.4, -0.2) is 47.1 Å². The summed E-state index contributed by atoms with van der Waals surface area (Å²) in [5.74, 6) is -4.91. The molecule has 10 heteroatoms. The number of alkyl halides is 3. The maximum absolute atomic E-state index is 14.5. The number of carbonyl (C=O) groups excluding carboxylic acids is 3. The first kappa shape index (κ1) is 22.5. The first-order chi connectivity index (χ1) is 14.1. The lowest BCUT2D eigenvalue weighted by Gasteiger charge is -2.37. The van der Waals surface area contributed by atoms with Crippen LogP contribution in [0, 0.1) is 11.7 Å². The Hall–Kier alpha value is -2.20. The van der Waals surface area contributed by atoms with E-state index < -0.39 is 35.2 Å². The fourth-order valence-electron chi connectivity index (χ4n) is 3.40. The SMILES string of the molecule is O=C(/C=C1\CN(C(C(=O)C2CC2)c2ccccc2F)CCC1S)OC(=O)C(F)(F)F. The zero-order valence-corrected chi connectivity index (χ0v) is 16.6. The lowest BCUT2D eigenvalue weighted by Crippen LogP contribution is -2.43. The largest absolute Gasteiger partial charge is 0.491 e. The third-order valence-electron chi connectivity index (χ3n) is 5.05. The summed E-state index contributed by atoms with van der Waals surface area (Å²) in [5.41, 5.74) is 0.496. The predicted octanol–water partition coefficient (Wildman–Crippen LogP) is 3.41. The summed E-state index contributed by atoms with van der Waals surface area (Å²) in [6.45, 7) is 0.375. The van der Waals surface area contributed by atoms with Gasteiger partial charge in [0.25, 0.3) is 0 Å². The molecular weight excluding hydrogens is 426 g/mol. The van der Waals surface area contributed by atoms with Gasteiger partial charge in [-0.25, -0.2) is 14.0 Å². The lowest BCUT2D eigenvalue weighted by molar-refractivity contribution is -0.200. The molecule has 0 bridgehead atoms. The van der Waals surface area contributed by atoms with Gasteiger partial charge in [-0.2, -0.15) is 25.8 Å². The Kier molecular flexibility index (Phi) is 6.66. The van der Waals surface area contributed by atoms with Crippen molar-refractivity contribution in [2.24, 2.45) is 5.92 Å². The van der Waals surface area contributed by atoms with Gasteiger partial charge in [0.15, 0.2) is 5.78 Å². The normalized spacial score (nSPS) is 22.6. The van der Waals surface area contributed by atoms with Gasteiger partial charge in [-0.1, -0.05) is 18.2 Å². The second-order valence-corrected chi connectivity index (χ2v) is 7.92. The van der Waals surface area contributed by atoms with E-state index in [2.05, 4.69) is 17.4 Å². The fraction of sp³-hybridized carbons (Fsp3) is 0.450. The number of hydrogen-bond acceptors (Lipinski definition) is 6. The van der Waals surface area contributed by atoms with E-state index in [0.29, 0.717) is 13.0 Å². The molecule has 1 saturated heterocycles. The molecule has 30 heavy (non-hydrogen) atoms. The number of ketones is 1. The second kappa shape index (κ2) is 8.89. The number of esters is 2. The second-order valence-electron chi connectivity index (χ2n) is 7.30. The molecule has 2 fully saturated rings. The number of nitrogens with zero attached hydrogens (tertiary/aromatic N) is 1. The van der Waals surface area contributed by atoms with Crippen molar-refractivity contribution in [3.63, 3.8) is 0 Å². The third-order valence-corrected chi connectivity index (χ3v) is 5.64. The Balaban J connectivity index is 1.82. The van der Waals surface area contributed by atoms with Crippen LogP contribution in [0.3, 0.4) is 0 Å². The summed E-state index contributed by atoms with van der Waals surface area (Å²) in [5, 5.41) is -0.480. The highest BCUT2D eigenvalue weighted by molar-refractivity contribution is 7.81. The minimum Gasteiger partial charge on any atom is -0.383 e. The number of thiol groups is 1. The number of likely N-dealkylation sites (tertiary alicyclic amines) is 1. The highest BCUT2D eigenvalue weighted by Gasteiger charge is 2.43. The van der Waals surface area contributed by atoms with Gasteiger partial charge in [-0.3, -0.25) is 9.69 Å². The Bertz CT molecular complexity index is 882. The van der Waals surface area contributed by atoms with Gasteiger partial charge in [-0.05, 0) is 30.9 Å². The molecule has 1 aromatic carbocycles. The van der Waals surface area contributed by atoms with E-state index in [-0.39, 0.29) is 29.4 Å². The number of rotatable bonds is 5.